The Balaban J connectivity index is 1.94. The fourth-order valence-electron chi connectivity index (χ4n) is 1.47. The van der Waals surface area contributed by atoms with E-state index in [4.69, 9.17) is 0 Å². The molecule has 1 aliphatic heterocycles. The van der Waals surface area contributed by atoms with Crippen LogP contribution in [0.5, 0.6) is 0 Å². The van der Waals surface area contributed by atoms with Gasteiger partial charge in [-0.2, -0.15) is 0 Å². The molecule has 0 saturated carbocycles. The number of nitrogens with zero attached hydrogens (tertiary/aromatic N) is 1. The minimum absolute atomic E-state index is 0.0463. The standard InChI is InChI=1S/C10H20N3O/c1-2-5-11-10(14)12-6-9-13-7-3-4-8-13/h3H,2,4-9H2,1H3,(H2,11,12,14). The third kappa shape index (κ3) is 4.46. The van der Waals surface area contributed by atoms with Gasteiger partial charge in [0.2, 0.25) is 0 Å². The molecule has 2 amide bonds. The lowest BCUT2D eigenvalue weighted by Gasteiger charge is -2.14. The molecule has 0 atom stereocenters. The van der Waals surface area contributed by atoms with Crippen LogP contribution in [0.1, 0.15) is 19.8 Å². The zero-order valence-electron chi connectivity index (χ0n) is 8.88. The molecular formula is C10H20N3O. The lowest BCUT2D eigenvalue weighted by Crippen LogP contribution is -2.40. The van der Waals surface area contributed by atoms with E-state index in [1.807, 2.05) is 6.92 Å². The van der Waals surface area contributed by atoms with Gasteiger partial charge in [-0.25, -0.2) is 4.79 Å². The topological polar surface area (TPSA) is 44.4 Å². The molecule has 0 unspecified atom stereocenters. The van der Waals surface area contributed by atoms with Crippen molar-refractivity contribution in [1.82, 2.24) is 15.5 Å². The lowest BCUT2D eigenvalue weighted by molar-refractivity contribution is 0.238. The summed E-state index contributed by atoms with van der Waals surface area (Å²) in [6.45, 7) is 6.69. The van der Waals surface area contributed by atoms with Crippen molar-refractivity contribution < 1.29 is 4.79 Å². The van der Waals surface area contributed by atoms with Gasteiger partial charge in [-0.05, 0) is 25.8 Å². The maximum Gasteiger partial charge on any atom is 0.314 e. The Bertz CT molecular complexity index is 167. The number of nitrogens with one attached hydrogen (secondary N) is 2. The van der Waals surface area contributed by atoms with Gasteiger partial charge in [-0.3, -0.25) is 0 Å². The van der Waals surface area contributed by atoms with Crippen LogP contribution in [-0.2, 0) is 0 Å². The van der Waals surface area contributed by atoms with Crippen molar-refractivity contribution in [3.63, 3.8) is 0 Å². The van der Waals surface area contributed by atoms with Gasteiger partial charge < -0.3 is 15.5 Å². The highest BCUT2D eigenvalue weighted by Gasteiger charge is 2.10. The van der Waals surface area contributed by atoms with Gasteiger partial charge in [-0.1, -0.05) is 6.92 Å². The van der Waals surface area contributed by atoms with Crippen LogP contribution in [0, 0.1) is 6.42 Å². The Kier molecular flexibility index (Phi) is 5.37. The predicted octanol–water partition coefficient (Wildman–Crippen LogP) is 0.606. The van der Waals surface area contributed by atoms with Crippen molar-refractivity contribution in [2.24, 2.45) is 0 Å². The van der Waals surface area contributed by atoms with Crippen molar-refractivity contribution in [1.29, 1.82) is 0 Å². The van der Waals surface area contributed by atoms with Gasteiger partial charge in [0.15, 0.2) is 0 Å². The van der Waals surface area contributed by atoms with Crippen molar-refractivity contribution >= 4 is 6.03 Å². The number of urea groups is 1. The Labute approximate surface area is 86.0 Å². The molecule has 2 N–H and O–H groups in total. The van der Waals surface area contributed by atoms with Gasteiger partial charge >= 0.3 is 6.03 Å². The number of hydrogen-bond acceptors (Lipinski definition) is 2. The summed E-state index contributed by atoms with van der Waals surface area (Å²) in [6, 6.07) is -0.0463. The van der Waals surface area contributed by atoms with Gasteiger partial charge in [0.25, 0.3) is 0 Å². The van der Waals surface area contributed by atoms with Crippen LogP contribution in [0.4, 0.5) is 4.79 Å². The van der Waals surface area contributed by atoms with E-state index < -0.39 is 0 Å². The number of amides is 2. The zero-order valence-corrected chi connectivity index (χ0v) is 8.88. The van der Waals surface area contributed by atoms with Gasteiger partial charge in [0.05, 0.1) is 0 Å². The van der Waals surface area contributed by atoms with Crippen molar-refractivity contribution in [2.45, 2.75) is 19.8 Å². The largest absolute Gasteiger partial charge is 0.338 e. The van der Waals surface area contributed by atoms with Crippen LogP contribution in [0.2, 0.25) is 0 Å². The van der Waals surface area contributed by atoms with E-state index in [9.17, 15) is 4.79 Å². The predicted molar refractivity (Wildman–Crippen MR) is 57.0 cm³/mol. The Morgan fingerprint density at radius 3 is 2.86 bits per heavy atom. The van der Waals surface area contributed by atoms with E-state index >= 15 is 0 Å². The molecule has 1 fully saturated rings. The van der Waals surface area contributed by atoms with Crippen molar-refractivity contribution in [2.75, 3.05) is 32.7 Å². The SMILES string of the molecule is CCCNC(=O)NCCN1C[CH]CC1. The zero-order chi connectivity index (χ0) is 10.2. The minimum Gasteiger partial charge on any atom is -0.338 e. The molecule has 0 spiro atoms. The number of likely N-dealkylation sites (tertiary alicyclic amines) is 1. The molecule has 14 heavy (non-hydrogen) atoms. The van der Waals surface area contributed by atoms with Crippen LogP contribution in [0.3, 0.4) is 0 Å². The third-order valence-corrected chi connectivity index (χ3v) is 2.29. The first-order valence-electron chi connectivity index (χ1n) is 5.38. The van der Waals surface area contributed by atoms with E-state index in [0.717, 1.165) is 39.1 Å². The Morgan fingerprint density at radius 2 is 2.21 bits per heavy atom. The second kappa shape index (κ2) is 6.65. The monoisotopic (exact) mass is 198 g/mol. The molecule has 81 valence electrons. The molecule has 0 aromatic heterocycles. The van der Waals surface area contributed by atoms with E-state index in [0.29, 0.717) is 0 Å². The van der Waals surface area contributed by atoms with Gasteiger partial charge in [0, 0.05) is 26.2 Å². The van der Waals surface area contributed by atoms with Crippen molar-refractivity contribution in [3.8, 4) is 0 Å². The summed E-state index contributed by atoms with van der Waals surface area (Å²) in [5.74, 6) is 0. The maximum atomic E-state index is 11.1. The molecule has 0 aromatic rings. The summed E-state index contributed by atoms with van der Waals surface area (Å²) >= 11 is 0. The molecule has 1 radical (unpaired) electrons. The van der Waals surface area contributed by atoms with Crippen LogP contribution < -0.4 is 10.6 Å². The molecule has 4 nitrogen and oxygen atoms in total. The fourth-order valence-corrected chi connectivity index (χ4v) is 1.47. The average Bonchev–Trinajstić information content (AvgIpc) is 2.67. The van der Waals surface area contributed by atoms with E-state index in [1.54, 1.807) is 0 Å². The van der Waals surface area contributed by atoms with Crippen LogP contribution in [0.15, 0.2) is 0 Å². The smallest absolute Gasteiger partial charge is 0.314 e. The molecule has 0 bridgehead atoms. The van der Waals surface area contributed by atoms with E-state index in [-0.39, 0.29) is 6.03 Å². The Morgan fingerprint density at radius 1 is 1.43 bits per heavy atom. The summed E-state index contributed by atoms with van der Waals surface area (Å²) in [4.78, 5) is 13.5. The fraction of sp³-hybridized carbons (Fsp3) is 0.800. The highest BCUT2D eigenvalue weighted by Crippen LogP contribution is 2.04. The van der Waals surface area contributed by atoms with E-state index in [1.165, 1.54) is 6.42 Å². The van der Waals surface area contributed by atoms with Crippen LogP contribution >= 0.6 is 0 Å². The molecule has 1 heterocycles. The lowest BCUT2D eigenvalue weighted by atomic mass is 10.4. The average molecular weight is 198 g/mol. The first-order valence-corrected chi connectivity index (χ1v) is 5.38. The summed E-state index contributed by atoms with van der Waals surface area (Å²) in [5.41, 5.74) is 0. The first kappa shape index (κ1) is 11.3. The second-order valence-electron chi connectivity index (χ2n) is 3.56. The molecule has 1 rings (SSSR count). The Hall–Kier alpha value is -0.770. The molecule has 1 aliphatic rings. The summed E-state index contributed by atoms with van der Waals surface area (Å²) < 4.78 is 0. The highest BCUT2D eigenvalue weighted by atomic mass is 16.2. The normalized spacial score (nSPS) is 16.9. The molecule has 0 aromatic carbocycles. The highest BCUT2D eigenvalue weighted by molar-refractivity contribution is 5.73. The molecule has 0 aliphatic carbocycles. The van der Waals surface area contributed by atoms with Gasteiger partial charge in [-0.15, -0.1) is 0 Å². The van der Waals surface area contributed by atoms with Gasteiger partial charge in [0.1, 0.15) is 0 Å². The van der Waals surface area contributed by atoms with Crippen LogP contribution in [0.25, 0.3) is 0 Å². The van der Waals surface area contributed by atoms with Crippen LogP contribution in [-0.4, -0.2) is 43.7 Å². The molecule has 1 saturated heterocycles. The minimum atomic E-state index is -0.0463. The number of carbonyl (C=O) groups excluding carboxylic acids is 1. The summed E-state index contributed by atoms with van der Waals surface area (Å²) in [6.07, 6.45) is 4.44. The second-order valence-corrected chi connectivity index (χ2v) is 3.56. The quantitative estimate of drug-likeness (QED) is 0.679. The maximum absolute atomic E-state index is 11.1. The number of carbonyl (C=O) groups is 1. The van der Waals surface area contributed by atoms with Crippen molar-refractivity contribution in [3.05, 3.63) is 6.42 Å². The molecular weight excluding hydrogens is 178 g/mol. The summed E-state index contributed by atoms with van der Waals surface area (Å²) in [5, 5.41) is 5.62. The first-order chi connectivity index (χ1) is 6.83. The number of rotatable bonds is 5. The summed E-state index contributed by atoms with van der Waals surface area (Å²) in [7, 11) is 0. The van der Waals surface area contributed by atoms with E-state index in [2.05, 4.69) is 22.0 Å². The third-order valence-electron chi connectivity index (χ3n) is 2.29. The molecule has 4 heteroatoms. The number of hydrogen-bond donors (Lipinski definition) is 2.